The van der Waals surface area contributed by atoms with Gasteiger partial charge >= 0.3 is 0 Å². The molecular formula is C22H28N2O4S2. The van der Waals surface area contributed by atoms with Crippen molar-refractivity contribution in [2.75, 3.05) is 33.5 Å². The zero-order chi connectivity index (χ0) is 21.7. The van der Waals surface area contributed by atoms with E-state index in [1.807, 2.05) is 42.7 Å². The summed E-state index contributed by atoms with van der Waals surface area (Å²) < 4.78 is 32.5. The summed E-state index contributed by atoms with van der Waals surface area (Å²) in [6.07, 6.45) is 3.03. The summed E-state index contributed by atoms with van der Waals surface area (Å²) in [6.45, 7) is 1.24. The molecule has 0 bridgehead atoms. The second kappa shape index (κ2) is 9.85. The number of nitrogens with zero attached hydrogens (tertiary/aromatic N) is 2. The zero-order valence-corrected chi connectivity index (χ0v) is 19.2. The Kier molecular flexibility index (Phi) is 7.44. The molecular weight excluding hydrogens is 420 g/mol. The summed E-state index contributed by atoms with van der Waals surface area (Å²) in [7, 11) is -0.108. The number of amides is 1. The fourth-order valence-electron chi connectivity index (χ4n) is 3.63. The molecule has 0 saturated carbocycles. The predicted molar refractivity (Wildman–Crippen MR) is 119 cm³/mol. The SMILES string of the molecule is COc1ccc(CN(C)C(=O)C2CCN(S(=O)(=O)c3ccc(SC)cc3)CC2)cc1. The number of hydrogen-bond donors (Lipinski definition) is 0. The second-order valence-corrected chi connectivity index (χ2v) is 10.2. The number of methoxy groups -OCH3 is 1. The van der Waals surface area contributed by atoms with E-state index in [2.05, 4.69) is 0 Å². The molecule has 0 aliphatic carbocycles. The molecule has 0 atom stereocenters. The van der Waals surface area contributed by atoms with E-state index >= 15 is 0 Å². The van der Waals surface area contributed by atoms with Crippen LogP contribution in [0.15, 0.2) is 58.3 Å². The Bertz CT molecular complexity index is 952. The monoisotopic (exact) mass is 448 g/mol. The number of hydrogen-bond acceptors (Lipinski definition) is 5. The van der Waals surface area contributed by atoms with Gasteiger partial charge in [-0.3, -0.25) is 4.79 Å². The molecule has 2 aromatic rings. The Morgan fingerprint density at radius 2 is 1.70 bits per heavy atom. The van der Waals surface area contributed by atoms with E-state index in [-0.39, 0.29) is 11.8 Å². The smallest absolute Gasteiger partial charge is 0.243 e. The van der Waals surface area contributed by atoms with Crippen molar-refractivity contribution in [1.82, 2.24) is 9.21 Å². The van der Waals surface area contributed by atoms with Crippen LogP contribution < -0.4 is 4.74 Å². The van der Waals surface area contributed by atoms with Gasteiger partial charge in [0.2, 0.25) is 15.9 Å². The van der Waals surface area contributed by atoms with Crippen LogP contribution in [0.2, 0.25) is 0 Å². The lowest BCUT2D eigenvalue weighted by atomic mass is 9.96. The summed E-state index contributed by atoms with van der Waals surface area (Å²) in [5.41, 5.74) is 1.03. The van der Waals surface area contributed by atoms with E-state index in [1.165, 1.54) is 4.31 Å². The van der Waals surface area contributed by atoms with Gasteiger partial charge in [0.05, 0.1) is 12.0 Å². The summed E-state index contributed by atoms with van der Waals surface area (Å²) in [5, 5.41) is 0. The molecule has 0 radical (unpaired) electrons. The molecule has 3 rings (SSSR count). The van der Waals surface area contributed by atoms with Gasteiger partial charge < -0.3 is 9.64 Å². The van der Waals surface area contributed by atoms with Crippen LogP contribution in [-0.4, -0.2) is 57.0 Å². The number of carbonyl (C=O) groups excluding carboxylic acids is 1. The van der Waals surface area contributed by atoms with Crippen molar-refractivity contribution in [3.05, 3.63) is 54.1 Å². The quantitative estimate of drug-likeness (QED) is 0.607. The highest BCUT2D eigenvalue weighted by Gasteiger charge is 2.33. The van der Waals surface area contributed by atoms with Crippen LogP contribution in [0, 0.1) is 5.92 Å². The molecule has 162 valence electrons. The molecule has 0 N–H and O–H groups in total. The number of ether oxygens (including phenoxy) is 1. The molecule has 0 aromatic heterocycles. The molecule has 1 aliphatic heterocycles. The Hall–Kier alpha value is -2.03. The molecule has 6 nitrogen and oxygen atoms in total. The maximum atomic E-state index is 12.9. The molecule has 1 heterocycles. The fourth-order valence-corrected chi connectivity index (χ4v) is 5.51. The van der Waals surface area contributed by atoms with E-state index in [0.29, 0.717) is 37.4 Å². The van der Waals surface area contributed by atoms with Crippen LogP contribution in [0.1, 0.15) is 18.4 Å². The lowest BCUT2D eigenvalue weighted by Gasteiger charge is -2.32. The molecule has 0 spiro atoms. The van der Waals surface area contributed by atoms with Crippen LogP contribution >= 0.6 is 11.8 Å². The summed E-state index contributed by atoms with van der Waals surface area (Å²) in [6, 6.07) is 14.6. The highest BCUT2D eigenvalue weighted by Crippen LogP contribution is 2.26. The van der Waals surface area contributed by atoms with Gasteiger partial charge in [-0.15, -0.1) is 11.8 Å². The number of carbonyl (C=O) groups is 1. The molecule has 1 saturated heterocycles. The number of piperidine rings is 1. The van der Waals surface area contributed by atoms with Gasteiger partial charge in [0, 0.05) is 37.5 Å². The van der Waals surface area contributed by atoms with Crippen molar-refractivity contribution in [3.8, 4) is 5.75 Å². The van der Waals surface area contributed by atoms with Crippen molar-refractivity contribution in [3.63, 3.8) is 0 Å². The Balaban J connectivity index is 1.57. The topological polar surface area (TPSA) is 66.9 Å². The number of sulfonamides is 1. The average Bonchev–Trinajstić information content (AvgIpc) is 2.79. The van der Waals surface area contributed by atoms with E-state index in [9.17, 15) is 13.2 Å². The van der Waals surface area contributed by atoms with Gasteiger partial charge in [-0.25, -0.2) is 8.42 Å². The largest absolute Gasteiger partial charge is 0.497 e. The highest BCUT2D eigenvalue weighted by atomic mass is 32.2. The van der Waals surface area contributed by atoms with E-state index < -0.39 is 10.0 Å². The van der Waals surface area contributed by atoms with E-state index in [1.54, 1.807) is 43.0 Å². The lowest BCUT2D eigenvalue weighted by Crippen LogP contribution is -2.43. The third-order valence-electron chi connectivity index (χ3n) is 5.46. The molecule has 8 heteroatoms. The normalized spacial score (nSPS) is 15.7. The summed E-state index contributed by atoms with van der Waals surface area (Å²) in [5.74, 6) is 0.690. The van der Waals surface area contributed by atoms with E-state index in [0.717, 1.165) is 16.2 Å². The first kappa shape index (κ1) is 22.7. The molecule has 1 fully saturated rings. The van der Waals surface area contributed by atoms with Crippen LogP contribution in [-0.2, 0) is 21.4 Å². The standard InChI is InChI=1S/C22H28N2O4S2/c1-23(16-17-4-6-19(28-2)7-5-17)22(25)18-12-14-24(15-13-18)30(26,27)21-10-8-20(29-3)9-11-21/h4-11,18H,12-16H2,1-3H3. The lowest BCUT2D eigenvalue weighted by molar-refractivity contribution is -0.135. The average molecular weight is 449 g/mol. The van der Waals surface area contributed by atoms with Gasteiger partial charge in [-0.2, -0.15) is 4.31 Å². The Morgan fingerprint density at radius 3 is 2.23 bits per heavy atom. The summed E-state index contributed by atoms with van der Waals surface area (Å²) >= 11 is 1.58. The minimum absolute atomic E-state index is 0.0622. The van der Waals surface area contributed by atoms with Gasteiger partial charge in [0.1, 0.15) is 5.75 Å². The first-order valence-corrected chi connectivity index (χ1v) is 12.5. The molecule has 0 unspecified atom stereocenters. The van der Waals surface area contributed by atoms with Gasteiger partial charge in [0.25, 0.3) is 0 Å². The van der Waals surface area contributed by atoms with Crippen molar-refractivity contribution >= 4 is 27.7 Å². The third-order valence-corrected chi connectivity index (χ3v) is 8.11. The Labute approximate surface area is 183 Å². The molecule has 30 heavy (non-hydrogen) atoms. The maximum absolute atomic E-state index is 12.9. The number of rotatable bonds is 7. The van der Waals surface area contributed by atoms with Crippen LogP contribution in [0.4, 0.5) is 0 Å². The predicted octanol–water partition coefficient (Wildman–Crippen LogP) is 3.48. The first-order chi connectivity index (χ1) is 14.3. The number of thioether (sulfide) groups is 1. The molecule has 2 aromatic carbocycles. The molecule has 1 amide bonds. The fraction of sp³-hybridized carbons (Fsp3) is 0.409. The summed E-state index contributed by atoms with van der Waals surface area (Å²) in [4.78, 5) is 15.9. The van der Waals surface area contributed by atoms with Crippen molar-refractivity contribution < 1.29 is 17.9 Å². The zero-order valence-electron chi connectivity index (χ0n) is 17.6. The minimum Gasteiger partial charge on any atom is -0.497 e. The van der Waals surface area contributed by atoms with Crippen LogP contribution in [0.5, 0.6) is 5.75 Å². The maximum Gasteiger partial charge on any atom is 0.243 e. The minimum atomic E-state index is -3.52. The van der Waals surface area contributed by atoms with Crippen molar-refractivity contribution in [1.29, 1.82) is 0 Å². The van der Waals surface area contributed by atoms with Gasteiger partial charge in [-0.05, 0) is 61.1 Å². The van der Waals surface area contributed by atoms with Gasteiger partial charge in [0.15, 0.2) is 0 Å². The third kappa shape index (κ3) is 5.17. The molecule has 1 aliphatic rings. The van der Waals surface area contributed by atoms with E-state index in [4.69, 9.17) is 4.74 Å². The highest BCUT2D eigenvalue weighted by molar-refractivity contribution is 7.98. The van der Waals surface area contributed by atoms with Crippen LogP contribution in [0.3, 0.4) is 0 Å². The number of benzene rings is 2. The Morgan fingerprint density at radius 1 is 1.10 bits per heavy atom. The van der Waals surface area contributed by atoms with Crippen molar-refractivity contribution in [2.24, 2.45) is 5.92 Å². The van der Waals surface area contributed by atoms with Gasteiger partial charge in [-0.1, -0.05) is 12.1 Å². The van der Waals surface area contributed by atoms with Crippen LogP contribution in [0.25, 0.3) is 0 Å². The van der Waals surface area contributed by atoms with Crippen molar-refractivity contribution in [2.45, 2.75) is 29.2 Å². The second-order valence-electron chi connectivity index (χ2n) is 7.40. The first-order valence-electron chi connectivity index (χ1n) is 9.87.